The summed E-state index contributed by atoms with van der Waals surface area (Å²) in [7, 11) is 0. The normalized spacial score (nSPS) is 10.3. The molecule has 0 heterocycles. The van der Waals surface area contributed by atoms with Gasteiger partial charge in [0.25, 0.3) is 5.91 Å². The van der Waals surface area contributed by atoms with Crippen molar-refractivity contribution in [3.05, 3.63) is 95.1 Å². The molecule has 0 saturated carbocycles. The molecular formula is C23H21NO3. The number of rotatable bonds is 6. The van der Waals surface area contributed by atoms with Crippen molar-refractivity contribution < 1.29 is 14.3 Å². The average molecular weight is 359 g/mol. The molecule has 0 bridgehead atoms. The molecule has 0 aliphatic carbocycles. The van der Waals surface area contributed by atoms with Crippen LogP contribution in [0.25, 0.3) is 0 Å². The number of hydrogen-bond acceptors (Lipinski definition) is 3. The van der Waals surface area contributed by atoms with Gasteiger partial charge in [-0.25, -0.2) is 0 Å². The monoisotopic (exact) mass is 359 g/mol. The average Bonchev–Trinajstić information content (AvgIpc) is 2.69. The molecule has 3 aromatic rings. The van der Waals surface area contributed by atoms with Crippen LogP contribution in [0.1, 0.15) is 27.0 Å². The summed E-state index contributed by atoms with van der Waals surface area (Å²) in [4.78, 5) is 24.5. The number of carbonyl (C=O) groups is 2. The Morgan fingerprint density at radius 2 is 1.52 bits per heavy atom. The fourth-order valence-electron chi connectivity index (χ4n) is 2.75. The van der Waals surface area contributed by atoms with Crippen LogP contribution in [0.5, 0.6) is 5.75 Å². The minimum atomic E-state index is -0.230. The maximum Gasteiger partial charge on any atom is 0.262 e. The van der Waals surface area contributed by atoms with Crippen LogP contribution in [-0.2, 0) is 4.79 Å². The first-order valence-electron chi connectivity index (χ1n) is 8.72. The second-order valence-corrected chi connectivity index (χ2v) is 6.37. The van der Waals surface area contributed by atoms with E-state index in [1.54, 1.807) is 36.4 Å². The Balaban J connectivity index is 1.57. The van der Waals surface area contributed by atoms with E-state index in [9.17, 15) is 9.59 Å². The van der Waals surface area contributed by atoms with Gasteiger partial charge in [0.15, 0.2) is 12.4 Å². The zero-order valence-corrected chi connectivity index (χ0v) is 15.4. The van der Waals surface area contributed by atoms with Gasteiger partial charge < -0.3 is 10.1 Å². The van der Waals surface area contributed by atoms with E-state index in [-0.39, 0.29) is 18.3 Å². The molecule has 136 valence electrons. The molecule has 0 spiro atoms. The smallest absolute Gasteiger partial charge is 0.262 e. The zero-order chi connectivity index (χ0) is 19.2. The molecule has 4 heteroatoms. The molecule has 0 aromatic heterocycles. The molecule has 0 fully saturated rings. The number of ketones is 1. The molecule has 0 unspecified atom stereocenters. The highest BCUT2D eigenvalue weighted by molar-refractivity contribution is 6.09. The number of benzene rings is 3. The summed E-state index contributed by atoms with van der Waals surface area (Å²) in [5.74, 6) is 0.261. The van der Waals surface area contributed by atoms with Crippen LogP contribution in [0.2, 0.25) is 0 Å². The molecule has 1 N–H and O–H groups in total. The lowest BCUT2D eigenvalue weighted by Gasteiger charge is -2.10. The van der Waals surface area contributed by atoms with E-state index in [0.717, 1.165) is 16.8 Å². The van der Waals surface area contributed by atoms with Crippen LogP contribution >= 0.6 is 0 Å². The fraction of sp³-hybridized carbons (Fsp3) is 0.130. The summed E-state index contributed by atoms with van der Waals surface area (Å²) in [6.07, 6.45) is 0. The summed E-state index contributed by atoms with van der Waals surface area (Å²) in [5, 5.41) is 2.84. The zero-order valence-electron chi connectivity index (χ0n) is 15.4. The third-order valence-corrected chi connectivity index (χ3v) is 4.18. The summed E-state index contributed by atoms with van der Waals surface area (Å²) < 4.78 is 5.52. The Hall–Kier alpha value is -3.40. The van der Waals surface area contributed by atoms with E-state index in [4.69, 9.17) is 4.74 Å². The van der Waals surface area contributed by atoms with Crippen molar-refractivity contribution >= 4 is 17.4 Å². The molecule has 0 saturated heterocycles. The number of carbonyl (C=O) groups excluding carboxylic acids is 2. The largest absolute Gasteiger partial charge is 0.484 e. The van der Waals surface area contributed by atoms with E-state index in [2.05, 4.69) is 5.32 Å². The van der Waals surface area contributed by atoms with Gasteiger partial charge in [-0.3, -0.25) is 9.59 Å². The lowest BCUT2D eigenvalue weighted by Crippen LogP contribution is -2.20. The van der Waals surface area contributed by atoms with Gasteiger partial charge in [0.1, 0.15) is 5.75 Å². The van der Waals surface area contributed by atoms with Crippen LogP contribution in [0.3, 0.4) is 0 Å². The number of aryl methyl sites for hydroxylation is 2. The van der Waals surface area contributed by atoms with Gasteiger partial charge in [-0.05, 0) is 49.7 Å². The standard InChI is InChI=1S/C23H21NO3/c1-16-8-13-21(17(2)14-16)24-22(25)15-27-20-11-9-19(10-12-20)23(26)18-6-4-3-5-7-18/h3-14H,15H2,1-2H3,(H,24,25). The first-order valence-corrected chi connectivity index (χ1v) is 8.72. The maximum absolute atomic E-state index is 12.4. The fourth-order valence-corrected chi connectivity index (χ4v) is 2.75. The summed E-state index contributed by atoms with van der Waals surface area (Å²) in [6.45, 7) is 3.86. The summed E-state index contributed by atoms with van der Waals surface area (Å²) >= 11 is 0. The summed E-state index contributed by atoms with van der Waals surface area (Å²) in [5.41, 5.74) is 4.14. The van der Waals surface area contributed by atoms with E-state index in [1.807, 2.05) is 50.2 Å². The minimum absolute atomic E-state index is 0.0465. The van der Waals surface area contributed by atoms with E-state index in [0.29, 0.717) is 16.9 Å². The molecular weight excluding hydrogens is 338 g/mol. The van der Waals surface area contributed by atoms with E-state index >= 15 is 0 Å². The number of hydrogen-bond donors (Lipinski definition) is 1. The molecule has 0 radical (unpaired) electrons. The molecule has 1 amide bonds. The topological polar surface area (TPSA) is 55.4 Å². The predicted molar refractivity (Wildman–Crippen MR) is 106 cm³/mol. The molecule has 0 atom stereocenters. The van der Waals surface area contributed by atoms with Gasteiger partial charge in [0.2, 0.25) is 0 Å². The molecule has 0 aliphatic rings. The number of nitrogens with one attached hydrogen (secondary N) is 1. The second kappa shape index (κ2) is 8.32. The Morgan fingerprint density at radius 1 is 0.852 bits per heavy atom. The van der Waals surface area contributed by atoms with Crippen LogP contribution in [0.15, 0.2) is 72.8 Å². The quantitative estimate of drug-likeness (QED) is 0.657. The van der Waals surface area contributed by atoms with Crippen molar-refractivity contribution in [3.63, 3.8) is 0 Å². The van der Waals surface area contributed by atoms with Gasteiger partial charge in [-0.2, -0.15) is 0 Å². The van der Waals surface area contributed by atoms with Gasteiger partial charge in [-0.15, -0.1) is 0 Å². The SMILES string of the molecule is Cc1ccc(NC(=O)COc2ccc(C(=O)c3ccccc3)cc2)c(C)c1. The van der Waals surface area contributed by atoms with Gasteiger partial charge in [-0.1, -0.05) is 48.0 Å². The van der Waals surface area contributed by atoms with Crippen LogP contribution in [0.4, 0.5) is 5.69 Å². The number of amides is 1. The first kappa shape index (κ1) is 18.4. The lowest BCUT2D eigenvalue weighted by molar-refractivity contribution is -0.118. The van der Waals surface area contributed by atoms with Gasteiger partial charge in [0.05, 0.1) is 0 Å². The highest BCUT2D eigenvalue weighted by atomic mass is 16.5. The highest BCUT2D eigenvalue weighted by Crippen LogP contribution is 2.17. The van der Waals surface area contributed by atoms with E-state index in [1.165, 1.54) is 0 Å². The highest BCUT2D eigenvalue weighted by Gasteiger charge is 2.09. The lowest BCUT2D eigenvalue weighted by atomic mass is 10.0. The molecule has 3 rings (SSSR count). The molecule has 4 nitrogen and oxygen atoms in total. The third kappa shape index (κ3) is 4.82. The van der Waals surface area contributed by atoms with Crippen molar-refractivity contribution in [1.29, 1.82) is 0 Å². The van der Waals surface area contributed by atoms with Crippen molar-refractivity contribution in [2.24, 2.45) is 0 Å². The predicted octanol–water partition coefficient (Wildman–Crippen LogP) is 4.55. The van der Waals surface area contributed by atoms with Gasteiger partial charge in [0, 0.05) is 16.8 Å². The van der Waals surface area contributed by atoms with Crippen LogP contribution in [-0.4, -0.2) is 18.3 Å². The van der Waals surface area contributed by atoms with Crippen molar-refractivity contribution in [3.8, 4) is 5.75 Å². The Labute approximate surface area is 158 Å². The Bertz CT molecular complexity index is 947. The molecule has 3 aromatic carbocycles. The number of ether oxygens (including phenoxy) is 1. The number of anilines is 1. The van der Waals surface area contributed by atoms with E-state index < -0.39 is 0 Å². The Kier molecular flexibility index (Phi) is 5.67. The Morgan fingerprint density at radius 3 is 2.19 bits per heavy atom. The van der Waals surface area contributed by atoms with Gasteiger partial charge >= 0.3 is 0 Å². The molecule has 27 heavy (non-hydrogen) atoms. The van der Waals surface area contributed by atoms with Crippen molar-refractivity contribution in [2.45, 2.75) is 13.8 Å². The summed E-state index contributed by atoms with van der Waals surface area (Å²) in [6, 6.07) is 21.7. The minimum Gasteiger partial charge on any atom is -0.484 e. The van der Waals surface area contributed by atoms with Crippen molar-refractivity contribution in [2.75, 3.05) is 11.9 Å². The van der Waals surface area contributed by atoms with Crippen molar-refractivity contribution in [1.82, 2.24) is 0 Å². The second-order valence-electron chi connectivity index (χ2n) is 6.37. The third-order valence-electron chi connectivity index (χ3n) is 4.18. The first-order chi connectivity index (χ1) is 13.0. The maximum atomic E-state index is 12.4. The molecule has 0 aliphatic heterocycles. The van der Waals surface area contributed by atoms with Crippen LogP contribution < -0.4 is 10.1 Å². The van der Waals surface area contributed by atoms with Crippen LogP contribution in [0, 0.1) is 13.8 Å².